The Bertz CT molecular complexity index is 867. The average molecular weight is 346 g/mol. The topological polar surface area (TPSA) is 33.2 Å². The molecule has 0 aliphatic carbocycles. The molecule has 1 unspecified atom stereocenters. The molecule has 0 radical (unpaired) electrons. The molecule has 0 N–H and O–H groups in total. The Kier molecular flexibility index (Phi) is 4.53. The summed E-state index contributed by atoms with van der Waals surface area (Å²) in [6.45, 7) is 0.594. The number of rotatable bonds is 3. The highest BCUT2D eigenvalue weighted by molar-refractivity contribution is 7.99. The maximum absolute atomic E-state index is 13.1. The number of amides is 1. The number of thioether (sulfide) groups is 1. The highest BCUT2D eigenvalue weighted by Crippen LogP contribution is 2.45. The molecule has 4 rings (SSSR count). The van der Waals surface area contributed by atoms with E-state index in [1.165, 1.54) is 0 Å². The molecule has 25 heavy (non-hydrogen) atoms. The molecule has 0 spiro atoms. The first-order chi connectivity index (χ1) is 12.3. The Hall–Kier alpha value is -2.59. The summed E-state index contributed by atoms with van der Waals surface area (Å²) in [5.74, 6) is 0.148. The lowest BCUT2D eigenvalue weighted by atomic mass is 10.1. The molecule has 3 nitrogen and oxygen atoms in total. The molecule has 0 saturated heterocycles. The maximum Gasteiger partial charge on any atom is 0.228 e. The van der Waals surface area contributed by atoms with Crippen molar-refractivity contribution in [2.75, 3.05) is 4.90 Å². The van der Waals surface area contributed by atoms with E-state index < -0.39 is 0 Å². The minimum atomic E-state index is 0.0862. The SMILES string of the molecule is O=C1CC(c2cccnc2)Sc2ccccc2N1Cc1ccccc1. The number of pyridine rings is 1. The minimum absolute atomic E-state index is 0.0862. The van der Waals surface area contributed by atoms with Gasteiger partial charge in [-0.05, 0) is 29.3 Å². The molecule has 1 aromatic heterocycles. The van der Waals surface area contributed by atoms with Crippen LogP contribution in [0.1, 0.15) is 22.8 Å². The van der Waals surface area contributed by atoms with E-state index in [0.717, 1.165) is 21.7 Å². The first kappa shape index (κ1) is 15.9. The predicted octanol–water partition coefficient (Wildman–Crippen LogP) is 4.85. The number of benzene rings is 2. The van der Waals surface area contributed by atoms with Gasteiger partial charge in [-0.2, -0.15) is 0 Å². The van der Waals surface area contributed by atoms with Crippen LogP contribution in [0.15, 0.2) is 84.0 Å². The molecule has 2 heterocycles. The van der Waals surface area contributed by atoms with E-state index in [1.807, 2.05) is 59.6 Å². The monoisotopic (exact) mass is 346 g/mol. The fraction of sp³-hybridized carbons (Fsp3) is 0.143. The van der Waals surface area contributed by atoms with Gasteiger partial charge in [0.1, 0.15) is 0 Å². The van der Waals surface area contributed by atoms with Crippen LogP contribution in [0.4, 0.5) is 5.69 Å². The van der Waals surface area contributed by atoms with Gasteiger partial charge in [0.05, 0.1) is 12.2 Å². The van der Waals surface area contributed by atoms with Crippen LogP contribution < -0.4 is 4.90 Å². The molecule has 124 valence electrons. The lowest BCUT2D eigenvalue weighted by Crippen LogP contribution is -2.30. The number of fused-ring (bicyclic) bond motifs is 1. The van der Waals surface area contributed by atoms with Gasteiger partial charge >= 0.3 is 0 Å². The van der Waals surface area contributed by atoms with Crippen molar-refractivity contribution in [1.29, 1.82) is 0 Å². The summed E-state index contributed by atoms with van der Waals surface area (Å²) in [6, 6.07) is 22.3. The number of aromatic nitrogens is 1. The van der Waals surface area contributed by atoms with Crippen molar-refractivity contribution in [2.45, 2.75) is 23.1 Å². The molecular weight excluding hydrogens is 328 g/mol. The number of para-hydroxylation sites is 1. The number of hydrogen-bond acceptors (Lipinski definition) is 3. The van der Waals surface area contributed by atoms with E-state index in [9.17, 15) is 4.79 Å². The van der Waals surface area contributed by atoms with Crippen LogP contribution in [0, 0.1) is 0 Å². The molecule has 0 saturated carbocycles. The van der Waals surface area contributed by atoms with Gasteiger partial charge in [0.2, 0.25) is 5.91 Å². The number of nitrogens with zero attached hydrogens (tertiary/aromatic N) is 2. The third-order valence-corrected chi connectivity index (χ3v) is 5.65. The first-order valence-corrected chi connectivity index (χ1v) is 9.19. The zero-order valence-corrected chi connectivity index (χ0v) is 14.5. The molecule has 1 atom stereocenters. The largest absolute Gasteiger partial charge is 0.307 e. The van der Waals surface area contributed by atoms with Crippen molar-refractivity contribution >= 4 is 23.4 Å². The molecule has 1 aliphatic heterocycles. The minimum Gasteiger partial charge on any atom is -0.307 e. The zero-order valence-electron chi connectivity index (χ0n) is 13.7. The molecule has 4 heteroatoms. The van der Waals surface area contributed by atoms with Crippen LogP contribution in [-0.4, -0.2) is 10.9 Å². The number of anilines is 1. The Balaban J connectivity index is 1.71. The standard InChI is InChI=1S/C21H18N2OS/c24-21-13-20(17-9-6-12-22-14-17)25-19-11-5-4-10-18(19)23(21)15-16-7-2-1-3-8-16/h1-12,14,20H,13,15H2. The van der Waals surface area contributed by atoms with E-state index in [0.29, 0.717) is 13.0 Å². The van der Waals surface area contributed by atoms with Crippen molar-refractivity contribution < 1.29 is 4.79 Å². The summed E-state index contributed by atoms with van der Waals surface area (Å²) in [5.41, 5.74) is 3.22. The van der Waals surface area contributed by atoms with Gasteiger partial charge in [-0.25, -0.2) is 0 Å². The summed E-state index contributed by atoms with van der Waals surface area (Å²) < 4.78 is 0. The summed E-state index contributed by atoms with van der Waals surface area (Å²) >= 11 is 1.75. The van der Waals surface area contributed by atoms with Crippen LogP contribution in [0.5, 0.6) is 0 Å². The molecular formula is C21H18N2OS. The smallest absolute Gasteiger partial charge is 0.228 e. The molecule has 2 aromatic carbocycles. The van der Waals surface area contributed by atoms with Gasteiger partial charge in [0.25, 0.3) is 0 Å². The van der Waals surface area contributed by atoms with Crippen molar-refractivity contribution in [1.82, 2.24) is 4.98 Å². The van der Waals surface area contributed by atoms with Gasteiger partial charge in [0.15, 0.2) is 0 Å². The van der Waals surface area contributed by atoms with Crippen molar-refractivity contribution in [3.63, 3.8) is 0 Å². The summed E-state index contributed by atoms with van der Waals surface area (Å²) in [5, 5.41) is 0.0862. The fourth-order valence-electron chi connectivity index (χ4n) is 3.07. The summed E-state index contributed by atoms with van der Waals surface area (Å²) in [6.07, 6.45) is 4.10. The first-order valence-electron chi connectivity index (χ1n) is 8.31. The third-order valence-electron chi connectivity index (χ3n) is 4.33. The molecule has 1 aliphatic rings. The Morgan fingerprint density at radius 2 is 1.80 bits per heavy atom. The maximum atomic E-state index is 13.1. The fourth-order valence-corrected chi connectivity index (χ4v) is 4.33. The Morgan fingerprint density at radius 1 is 1.00 bits per heavy atom. The second-order valence-electron chi connectivity index (χ2n) is 6.03. The lowest BCUT2D eigenvalue weighted by Gasteiger charge is -2.22. The zero-order chi connectivity index (χ0) is 17.1. The number of carbonyl (C=O) groups is 1. The van der Waals surface area contributed by atoms with Crippen molar-refractivity contribution in [3.05, 3.63) is 90.3 Å². The third kappa shape index (κ3) is 3.44. The normalized spacial score (nSPS) is 17.0. The highest BCUT2D eigenvalue weighted by Gasteiger charge is 2.29. The molecule has 1 amide bonds. The van der Waals surface area contributed by atoms with E-state index >= 15 is 0 Å². The number of carbonyl (C=O) groups excluding carboxylic acids is 1. The second-order valence-corrected chi connectivity index (χ2v) is 7.27. The van der Waals surface area contributed by atoms with Gasteiger partial charge in [-0.15, -0.1) is 11.8 Å². The van der Waals surface area contributed by atoms with Gasteiger partial charge in [-0.1, -0.05) is 48.5 Å². The highest BCUT2D eigenvalue weighted by atomic mass is 32.2. The predicted molar refractivity (Wildman–Crippen MR) is 102 cm³/mol. The van der Waals surface area contributed by atoms with E-state index in [4.69, 9.17) is 0 Å². The van der Waals surface area contributed by atoms with Crippen molar-refractivity contribution in [2.24, 2.45) is 0 Å². The lowest BCUT2D eigenvalue weighted by molar-refractivity contribution is -0.118. The summed E-state index contributed by atoms with van der Waals surface area (Å²) in [4.78, 5) is 20.3. The van der Waals surface area contributed by atoms with Crippen LogP contribution >= 0.6 is 11.8 Å². The van der Waals surface area contributed by atoms with Crippen LogP contribution in [0.25, 0.3) is 0 Å². The van der Waals surface area contributed by atoms with E-state index in [1.54, 1.807) is 18.0 Å². The quantitative estimate of drug-likeness (QED) is 0.679. The molecule has 0 bridgehead atoms. The average Bonchev–Trinajstić information content (AvgIpc) is 2.80. The Morgan fingerprint density at radius 3 is 2.60 bits per heavy atom. The Labute approximate surface area is 151 Å². The number of hydrogen-bond donors (Lipinski definition) is 0. The van der Waals surface area contributed by atoms with Crippen molar-refractivity contribution in [3.8, 4) is 0 Å². The summed E-state index contributed by atoms with van der Waals surface area (Å²) in [7, 11) is 0. The van der Waals surface area contributed by atoms with Gasteiger partial charge in [-0.3, -0.25) is 9.78 Å². The van der Waals surface area contributed by atoms with E-state index in [-0.39, 0.29) is 11.2 Å². The second kappa shape index (κ2) is 7.11. The molecule has 3 aromatic rings. The van der Waals surface area contributed by atoms with Crippen LogP contribution in [0.3, 0.4) is 0 Å². The van der Waals surface area contributed by atoms with Crippen LogP contribution in [-0.2, 0) is 11.3 Å². The molecule has 0 fully saturated rings. The van der Waals surface area contributed by atoms with Crippen LogP contribution in [0.2, 0.25) is 0 Å². The van der Waals surface area contributed by atoms with Gasteiger partial charge in [0, 0.05) is 29.0 Å². The van der Waals surface area contributed by atoms with E-state index in [2.05, 4.69) is 23.2 Å². The van der Waals surface area contributed by atoms with Gasteiger partial charge < -0.3 is 4.90 Å².